The molecule has 31 heavy (non-hydrogen) atoms. The van der Waals surface area contributed by atoms with Gasteiger partial charge in [-0.15, -0.1) is 0 Å². The molecule has 2 amide bonds. The SMILES string of the molecule is CC(Oc1ccccc1)C(=O)Nc1cc(NC(=O)c2ccccc2)cc(C(F)(F)F)c1. The molecular weight excluding hydrogens is 409 g/mol. The van der Waals surface area contributed by atoms with Crippen LogP contribution in [0, 0.1) is 0 Å². The molecule has 3 aromatic rings. The van der Waals surface area contributed by atoms with Gasteiger partial charge in [-0.1, -0.05) is 36.4 Å². The first-order chi connectivity index (χ1) is 14.7. The van der Waals surface area contributed by atoms with Gasteiger partial charge in [-0.2, -0.15) is 13.2 Å². The van der Waals surface area contributed by atoms with Crippen LogP contribution in [0.25, 0.3) is 0 Å². The molecule has 1 unspecified atom stereocenters. The van der Waals surface area contributed by atoms with E-state index in [1.54, 1.807) is 48.5 Å². The molecule has 8 heteroatoms. The Morgan fingerprint density at radius 2 is 1.39 bits per heavy atom. The third kappa shape index (κ3) is 6.08. The van der Waals surface area contributed by atoms with Crippen molar-refractivity contribution >= 4 is 23.2 Å². The number of rotatable bonds is 6. The van der Waals surface area contributed by atoms with Crippen LogP contribution in [-0.4, -0.2) is 17.9 Å². The first-order valence-electron chi connectivity index (χ1n) is 9.33. The Hall–Kier alpha value is -3.81. The lowest BCUT2D eigenvalue weighted by atomic mass is 10.1. The number of carbonyl (C=O) groups excluding carboxylic acids is 2. The minimum absolute atomic E-state index is 0.101. The third-order valence-electron chi connectivity index (χ3n) is 4.25. The zero-order chi connectivity index (χ0) is 22.4. The maximum absolute atomic E-state index is 13.3. The number of hydrogen-bond acceptors (Lipinski definition) is 3. The van der Waals surface area contributed by atoms with Gasteiger partial charge in [0.25, 0.3) is 11.8 Å². The maximum atomic E-state index is 13.3. The largest absolute Gasteiger partial charge is 0.481 e. The highest BCUT2D eigenvalue weighted by Crippen LogP contribution is 2.33. The van der Waals surface area contributed by atoms with Crippen LogP contribution in [-0.2, 0) is 11.0 Å². The van der Waals surface area contributed by atoms with Crippen molar-refractivity contribution in [3.8, 4) is 5.75 Å². The number of anilines is 2. The second kappa shape index (κ2) is 9.34. The quantitative estimate of drug-likeness (QED) is 0.555. The van der Waals surface area contributed by atoms with E-state index in [2.05, 4.69) is 10.6 Å². The highest BCUT2D eigenvalue weighted by atomic mass is 19.4. The number of nitrogens with one attached hydrogen (secondary N) is 2. The van der Waals surface area contributed by atoms with E-state index in [0.717, 1.165) is 12.1 Å². The number of hydrogen-bond donors (Lipinski definition) is 2. The maximum Gasteiger partial charge on any atom is 0.416 e. The van der Waals surface area contributed by atoms with Crippen molar-refractivity contribution in [1.29, 1.82) is 0 Å². The fraction of sp³-hybridized carbons (Fsp3) is 0.130. The van der Waals surface area contributed by atoms with E-state index in [1.807, 2.05) is 0 Å². The van der Waals surface area contributed by atoms with Gasteiger partial charge in [0.1, 0.15) is 5.75 Å². The standard InChI is InChI=1S/C23H19F3N2O3/c1-15(31-20-10-6-3-7-11-20)21(29)27-18-12-17(23(24,25)26)13-19(14-18)28-22(30)16-8-4-2-5-9-16/h2-15H,1H3,(H,27,29)(H,28,30). The summed E-state index contributed by atoms with van der Waals surface area (Å²) in [5, 5.41) is 4.84. The summed E-state index contributed by atoms with van der Waals surface area (Å²) < 4.78 is 45.5. The lowest BCUT2D eigenvalue weighted by Crippen LogP contribution is -2.30. The molecule has 3 aromatic carbocycles. The van der Waals surface area contributed by atoms with Crippen molar-refractivity contribution in [2.45, 2.75) is 19.2 Å². The van der Waals surface area contributed by atoms with Crippen molar-refractivity contribution in [2.75, 3.05) is 10.6 Å². The molecule has 0 aliphatic rings. The Bertz CT molecular complexity index is 1050. The predicted octanol–water partition coefficient (Wildman–Crippen LogP) is 5.36. The molecule has 0 aromatic heterocycles. The molecule has 2 N–H and O–H groups in total. The van der Waals surface area contributed by atoms with Gasteiger partial charge in [0.05, 0.1) is 5.56 Å². The molecule has 0 fully saturated rings. The van der Waals surface area contributed by atoms with E-state index in [4.69, 9.17) is 4.74 Å². The normalized spacial score (nSPS) is 12.0. The van der Waals surface area contributed by atoms with Gasteiger partial charge >= 0.3 is 6.18 Å². The molecule has 0 radical (unpaired) electrons. The van der Waals surface area contributed by atoms with Gasteiger partial charge < -0.3 is 15.4 Å². The van der Waals surface area contributed by atoms with E-state index in [-0.39, 0.29) is 16.9 Å². The number of halogens is 3. The van der Waals surface area contributed by atoms with Gasteiger partial charge in [0.2, 0.25) is 0 Å². The topological polar surface area (TPSA) is 67.4 Å². The number of benzene rings is 3. The average Bonchev–Trinajstić information content (AvgIpc) is 2.74. The van der Waals surface area contributed by atoms with Gasteiger partial charge in [-0.3, -0.25) is 9.59 Å². The molecule has 0 aliphatic heterocycles. The monoisotopic (exact) mass is 428 g/mol. The lowest BCUT2D eigenvalue weighted by molar-refractivity contribution is -0.137. The summed E-state index contributed by atoms with van der Waals surface area (Å²) in [5.74, 6) is -0.758. The van der Waals surface area contributed by atoms with Crippen LogP contribution in [0.4, 0.5) is 24.5 Å². The number of alkyl halides is 3. The Morgan fingerprint density at radius 3 is 1.97 bits per heavy atom. The summed E-state index contributed by atoms with van der Waals surface area (Å²) in [7, 11) is 0. The van der Waals surface area contributed by atoms with E-state index < -0.39 is 29.7 Å². The Balaban J connectivity index is 1.79. The van der Waals surface area contributed by atoms with E-state index in [1.165, 1.54) is 25.1 Å². The summed E-state index contributed by atoms with van der Waals surface area (Å²) >= 11 is 0. The van der Waals surface area contributed by atoms with Gasteiger partial charge in [0, 0.05) is 16.9 Å². The second-order valence-corrected chi connectivity index (χ2v) is 6.68. The van der Waals surface area contributed by atoms with Crippen LogP contribution in [0.2, 0.25) is 0 Å². The molecule has 0 spiro atoms. The first-order valence-corrected chi connectivity index (χ1v) is 9.33. The molecular formula is C23H19F3N2O3. The summed E-state index contributed by atoms with van der Waals surface area (Å²) in [6.45, 7) is 1.48. The van der Waals surface area contributed by atoms with Crippen LogP contribution < -0.4 is 15.4 Å². The molecule has 1 atom stereocenters. The van der Waals surface area contributed by atoms with Crippen molar-refractivity contribution in [1.82, 2.24) is 0 Å². The first kappa shape index (κ1) is 21.9. The van der Waals surface area contributed by atoms with Gasteiger partial charge in [-0.25, -0.2) is 0 Å². The van der Waals surface area contributed by atoms with Gasteiger partial charge in [0.15, 0.2) is 6.10 Å². The number of carbonyl (C=O) groups is 2. The fourth-order valence-corrected chi connectivity index (χ4v) is 2.73. The Labute approximate surface area is 176 Å². The average molecular weight is 428 g/mol. The van der Waals surface area contributed by atoms with E-state index >= 15 is 0 Å². The smallest absolute Gasteiger partial charge is 0.416 e. The Morgan fingerprint density at radius 1 is 0.839 bits per heavy atom. The van der Waals surface area contributed by atoms with Crippen molar-refractivity contribution in [3.63, 3.8) is 0 Å². The highest BCUT2D eigenvalue weighted by Gasteiger charge is 2.32. The van der Waals surface area contributed by atoms with Gasteiger partial charge in [-0.05, 0) is 49.4 Å². The van der Waals surface area contributed by atoms with E-state index in [9.17, 15) is 22.8 Å². The summed E-state index contributed by atoms with van der Waals surface area (Å²) in [6, 6.07) is 19.5. The second-order valence-electron chi connectivity index (χ2n) is 6.68. The number of para-hydroxylation sites is 1. The van der Waals surface area contributed by atoms with Crippen LogP contribution in [0.1, 0.15) is 22.8 Å². The number of ether oxygens (including phenoxy) is 1. The van der Waals surface area contributed by atoms with E-state index in [0.29, 0.717) is 5.75 Å². The number of amides is 2. The summed E-state index contributed by atoms with van der Waals surface area (Å²) in [4.78, 5) is 24.7. The molecule has 0 aliphatic carbocycles. The van der Waals surface area contributed by atoms with Crippen molar-refractivity contribution in [3.05, 3.63) is 90.0 Å². The third-order valence-corrected chi connectivity index (χ3v) is 4.25. The molecule has 160 valence electrons. The zero-order valence-corrected chi connectivity index (χ0v) is 16.4. The summed E-state index contributed by atoms with van der Waals surface area (Å²) in [6.07, 6.45) is -5.63. The molecule has 0 bridgehead atoms. The van der Waals surface area contributed by atoms with Crippen LogP contribution in [0.5, 0.6) is 5.75 Å². The minimum Gasteiger partial charge on any atom is -0.481 e. The molecule has 0 saturated heterocycles. The predicted molar refractivity (Wildman–Crippen MR) is 111 cm³/mol. The molecule has 0 heterocycles. The van der Waals surface area contributed by atoms with Crippen LogP contribution in [0.3, 0.4) is 0 Å². The minimum atomic E-state index is -4.67. The molecule has 3 rings (SSSR count). The fourth-order valence-electron chi connectivity index (χ4n) is 2.73. The van der Waals surface area contributed by atoms with Crippen molar-refractivity contribution in [2.24, 2.45) is 0 Å². The van der Waals surface area contributed by atoms with Crippen LogP contribution >= 0.6 is 0 Å². The Kier molecular flexibility index (Phi) is 6.59. The highest BCUT2D eigenvalue weighted by molar-refractivity contribution is 6.04. The summed E-state index contributed by atoms with van der Waals surface area (Å²) in [5.41, 5.74) is -0.942. The zero-order valence-electron chi connectivity index (χ0n) is 16.4. The van der Waals surface area contributed by atoms with Crippen molar-refractivity contribution < 1.29 is 27.5 Å². The lowest BCUT2D eigenvalue weighted by Gasteiger charge is -2.17. The molecule has 0 saturated carbocycles. The molecule has 5 nitrogen and oxygen atoms in total. The van der Waals surface area contributed by atoms with Crippen LogP contribution in [0.15, 0.2) is 78.9 Å².